The van der Waals surface area contributed by atoms with E-state index >= 15 is 0 Å². The van der Waals surface area contributed by atoms with E-state index in [1.807, 2.05) is 0 Å². The Balaban J connectivity index is 2.33. The normalized spacial score (nSPS) is 20.3. The number of pyridine rings is 1. The number of nitrogens with two attached hydrogens (primary N) is 2. The Morgan fingerprint density at radius 3 is 2.42 bits per heavy atom. The zero-order valence-corrected chi connectivity index (χ0v) is 12.8. The van der Waals surface area contributed by atoms with E-state index in [-0.39, 0.29) is 13.1 Å². The molecule has 1 saturated heterocycles. The maximum atomic E-state index is 11.7. The summed E-state index contributed by atoms with van der Waals surface area (Å²) in [5.41, 5.74) is 10.9. The molecule has 1 fully saturated rings. The molecule has 0 aromatic carbocycles. The van der Waals surface area contributed by atoms with E-state index in [0.717, 1.165) is 4.90 Å². The number of aromatic nitrogens is 1. The molecule has 0 spiro atoms. The molecule has 10 nitrogen and oxygen atoms in total. The van der Waals surface area contributed by atoms with Crippen molar-refractivity contribution in [1.82, 2.24) is 9.88 Å². The van der Waals surface area contributed by atoms with Crippen molar-refractivity contribution >= 4 is 23.8 Å². The summed E-state index contributed by atoms with van der Waals surface area (Å²) in [6.07, 6.45) is 1.59. The molecule has 24 heavy (non-hydrogen) atoms. The molecule has 1 aromatic heterocycles. The molecule has 3 atom stereocenters. The minimum Gasteiger partial charge on any atom is -0.481 e. The fraction of sp³-hybridized carbons (Fsp3) is 0.429. The van der Waals surface area contributed by atoms with Gasteiger partial charge in [0.2, 0.25) is 0 Å². The van der Waals surface area contributed by atoms with E-state index in [4.69, 9.17) is 16.6 Å². The van der Waals surface area contributed by atoms with Crippen molar-refractivity contribution in [2.75, 3.05) is 24.5 Å². The van der Waals surface area contributed by atoms with E-state index in [1.165, 1.54) is 0 Å². The molecule has 0 radical (unpaired) electrons. The van der Waals surface area contributed by atoms with Crippen LogP contribution in [0.3, 0.4) is 0 Å². The zero-order chi connectivity index (χ0) is 17.9. The lowest BCUT2D eigenvalue weighted by molar-refractivity contribution is -0.152. The van der Waals surface area contributed by atoms with Gasteiger partial charge in [-0.1, -0.05) is 6.07 Å². The average Bonchev–Trinajstić information content (AvgIpc) is 2.55. The first-order chi connectivity index (χ1) is 11.3. The fourth-order valence-corrected chi connectivity index (χ4v) is 2.85. The van der Waals surface area contributed by atoms with Crippen molar-refractivity contribution < 1.29 is 24.6 Å². The van der Waals surface area contributed by atoms with Crippen LogP contribution in [0.1, 0.15) is 0 Å². The van der Waals surface area contributed by atoms with Gasteiger partial charge in [0, 0.05) is 25.8 Å². The third kappa shape index (κ3) is 3.54. The van der Waals surface area contributed by atoms with Gasteiger partial charge in [-0.2, -0.15) is 0 Å². The number of nitrogens with zero attached hydrogens (tertiary/aromatic N) is 3. The van der Waals surface area contributed by atoms with Gasteiger partial charge in [0.15, 0.2) is 0 Å². The highest BCUT2D eigenvalue weighted by Crippen LogP contribution is 2.23. The number of anilines is 1. The van der Waals surface area contributed by atoms with E-state index in [2.05, 4.69) is 4.98 Å². The molecule has 130 valence electrons. The molecule has 1 aliphatic heterocycles. The number of hydrogen-bond acceptors (Lipinski definition) is 6. The number of piperazine rings is 1. The van der Waals surface area contributed by atoms with Gasteiger partial charge in [-0.15, -0.1) is 0 Å². The van der Waals surface area contributed by atoms with Gasteiger partial charge in [0.1, 0.15) is 17.8 Å². The standard InChI is InChI=1S/C14H19N5O5/c15-11(13(22)23)10(12(20)21)8-7-18(5-6-19(8)14(16)24)9-3-1-2-4-17-9/h1-4,8,10-11H,5-7,15H2,(H2,16,24)(H,20,21)(H,22,23)/t8?,10?,11-/m0/s1. The molecule has 0 bridgehead atoms. The third-order valence-corrected chi connectivity index (χ3v) is 4.05. The van der Waals surface area contributed by atoms with Crippen LogP contribution >= 0.6 is 0 Å². The van der Waals surface area contributed by atoms with Crippen molar-refractivity contribution in [2.24, 2.45) is 17.4 Å². The Morgan fingerprint density at radius 1 is 1.21 bits per heavy atom. The van der Waals surface area contributed by atoms with Gasteiger partial charge in [-0.25, -0.2) is 9.78 Å². The molecule has 2 heterocycles. The molecule has 6 N–H and O–H groups in total. The molecule has 2 rings (SSSR count). The van der Waals surface area contributed by atoms with Crippen molar-refractivity contribution in [1.29, 1.82) is 0 Å². The number of carbonyl (C=O) groups is 3. The number of carbonyl (C=O) groups excluding carboxylic acids is 1. The van der Waals surface area contributed by atoms with Crippen LogP contribution in [-0.2, 0) is 9.59 Å². The summed E-state index contributed by atoms with van der Waals surface area (Å²) in [5, 5.41) is 18.5. The quantitative estimate of drug-likeness (QED) is 0.518. The van der Waals surface area contributed by atoms with Crippen LogP contribution in [0, 0.1) is 5.92 Å². The predicted molar refractivity (Wildman–Crippen MR) is 83.3 cm³/mol. The lowest BCUT2D eigenvalue weighted by Crippen LogP contribution is -2.64. The molecular weight excluding hydrogens is 318 g/mol. The van der Waals surface area contributed by atoms with E-state index in [9.17, 15) is 19.5 Å². The van der Waals surface area contributed by atoms with Crippen LogP contribution in [0.15, 0.2) is 24.4 Å². The van der Waals surface area contributed by atoms with Crippen molar-refractivity contribution in [3.63, 3.8) is 0 Å². The number of rotatable bonds is 5. The molecule has 0 aliphatic carbocycles. The topological polar surface area (TPSA) is 163 Å². The van der Waals surface area contributed by atoms with Crippen molar-refractivity contribution in [2.45, 2.75) is 12.1 Å². The largest absolute Gasteiger partial charge is 0.481 e. The second kappa shape index (κ2) is 7.13. The van der Waals surface area contributed by atoms with Gasteiger partial charge in [-0.3, -0.25) is 9.59 Å². The van der Waals surface area contributed by atoms with Gasteiger partial charge >= 0.3 is 18.0 Å². The fourth-order valence-electron chi connectivity index (χ4n) is 2.85. The smallest absolute Gasteiger partial charge is 0.321 e. The predicted octanol–water partition coefficient (Wildman–Crippen LogP) is -1.24. The van der Waals surface area contributed by atoms with Crippen LogP contribution in [-0.4, -0.2) is 69.8 Å². The van der Waals surface area contributed by atoms with Gasteiger partial charge in [-0.05, 0) is 12.1 Å². The van der Waals surface area contributed by atoms with Gasteiger partial charge < -0.3 is 31.5 Å². The third-order valence-electron chi connectivity index (χ3n) is 4.05. The average molecular weight is 337 g/mol. The molecule has 0 saturated carbocycles. The Kier molecular flexibility index (Phi) is 5.19. The highest BCUT2D eigenvalue weighted by Gasteiger charge is 2.44. The zero-order valence-electron chi connectivity index (χ0n) is 12.8. The number of amides is 2. The SMILES string of the molecule is NC(=O)N1CCN(c2ccccn2)CC1C(C(=O)O)[C@H](N)C(=O)O. The summed E-state index contributed by atoms with van der Waals surface area (Å²) in [6, 6.07) is 1.78. The Labute approximate surface area is 137 Å². The lowest BCUT2D eigenvalue weighted by Gasteiger charge is -2.44. The summed E-state index contributed by atoms with van der Waals surface area (Å²) >= 11 is 0. The number of aliphatic carboxylic acids is 2. The van der Waals surface area contributed by atoms with Crippen molar-refractivity contribution in [3.8, 4) is 0 Å². The van der Waals surface area contributed by atoms with E-state index < -0.39 is 36.0 Å². The first-order valence-corrected chi connectivity index (χ1v) is 7.26. The molecule has 2 unspecified atom stereocenters. The minimum atomic E-state index is -1.67. The number of carboxylic acid groups (broad SMARTS) is 2. The summed E-state index contributed by atoms with van der Waals surface area (Å²) in [6.45, 7) is 0.607. The Hall–Kier alpha value is -2.88. The van der Waals surface area contributed by atoms with Crippen LogP contribution in [0.4, 0.5) is 10.6 Å². The number of carboxylic acids is 2. The maximum Gasteiger partial charge on any atom is 0.321 e. The second-order valence-electron chi connectivity index (χ2n) is 5.46. The lowest BCUT2D eigenvalue weighted by atomic mass is 9.89. The van der Waals surface area contributed by atoms with Crippen LogP contribution in [0.2, 0.25) is 0 Å². The monoisotopic (exact) mass is 337 g/mol. The molecule has 2 amide bonds. The molecule has 10 heteroatoms. The van der Waals surface area contributed by atoms with Crippen LogP contribution in [0.5, 0.6) is 0 Å². The Morgan fingerprint density at radius 2 is 1.92 bits per heavy atom. The summed E-state index contributed by atoms with van der Waals surface area (Å²) in [5.74, 6) is -3.76. The van der Waals surface area contributed by atoms with Gasteiger partial charge in [0.25, 0.3) is 0 Å². The van der Waals surface area contributed by atoms with Crippen molar-refractivity contribution in [3.05, 3.63) is 24.4 Å². The Bertz CT molecular complexity index is 625. The minimum absolute atomic E-state index is 0.0674. The van der Waals surface area contributed by atoms with Crippen LogP contribution < -0.4 is 16.4 Å². The highest BCUT2D eigenvalue weighted by molar-refractivity contribution is 5.84. The maximum absolute atomic E-state index is 11.7. The summed E-state index contributed by atoms with van der Waals surface area (Å²) < 4.78 is 0. The first kappa shape index (κ1) is 17.5. The second-order valence-corrected chi connectivity index (χ2v) is 5.46. The number of primary amides is 1. The first-order valence-electron chi connectivity index (χ1n) is 7.26. The van der Waals surface area contributed by atoms with E-state index in [1.54, 1.807) is 29.3 Å². The summed E-state index contributed by atoms with van der Waals surface area (Å²) in [7, 11) is 0. The van der Waals surface area contributed by atoms with Gasteiger partial charge in [0.05, 0.1) is 6.04 Å². The number of urea groups is 1. The van der Waals surface area contributed by atoms with E-state index in [0.29, 0.717) is 12.4 Å². The van der Waals surface area contributed by atoms with Crippen LogP contribution in [0.25, 0.3) is 0 Å². The molecular formula is C14H19N5O5. The summed E-state index contributed by atoms with van der Waals surface area (Å²) in [4.78, 5) is 41.5. The number of hydrogen-bond donors (Lipinski definition) is 4. The molecule has 1 aromatic rings. The molecule has 1 aliphatic rings. The highest BCUT2D eigenvalue weighted by atomic mass is 16.4.